The Morgan fingerprint density at radius 3 is 2.64 bits per heavy atom. The van der Waals surface area contributed by atoms with Crippen LogP contribution < -0.4 is 15.5 Å². The third-order valence-corrected chi connectivity index (χ3v) is 5.49. The molecular formula is C19H29ClN3O2+. The molecule has 1 unspecified atom stereocenters. The molecule has 4 atom stereocenters. The topological polar surface area (TPSA) is 62.6 Å². The van der Waals surface area contributed by atoms with Crippen LogP contribution >= 0.6 is 11.6 Å². The minimum atomic E-state index is -0.286. The SMILES string of the molecule is C[C@@H]1CCCC[C@@H]1NC(=O)[C@@H](C)[NH+](C)CC(=O)Nc1ccccc1Cl. The van der Waals surface area contributed by atoms with Gasteiger partial charge in [-0.1, -0.05) is 43.5 Å². The van der Waals surface area contributed by atoms with Crippen molar-refractivity contribution in [1.29, 1.82) is 0 Å². The van der Waals surface area contributed by atoms with Crippen LogP contribution in [-0.2, 0) is 9.59 Å². The van der Waals surface area contributed by atoms with Crippen molar-refractivity contribution in [3.8, 4) is 0 Å². The molecule has 1 aromatic carbocycles. The maximum absolute atomic E-state index is 12.5. The van der Waals surface area contributed by atoms with Crippen LogP contribution in [0, 0.1) is 5.92 Å². The van der Waals surface area contributed by atoms with Gasteiger partial charge in [-0.3, -0.25) is 9.59 Å². The number of halogens is 1. The molecule has 2 rings (SSSR count). The van der Waals surface area contributed by atoms with Crippen molar-refractivity contribution in [2.75, 3.05) is 18.9 Å². The predicted octanol–water partition coefficient (Wildman–Crippen LogP) is 1.88. The maximum Gasteiger partial charge on any atom is 0.279 e. The zero-order valence-electron chi connectivity index (χ0n) is 15.3. The normalized spacial score (nSPS) is 22.7. The first kappa shape index (κ1) is 19.7. The largest absolute Gasteiger partial charge is 0.348 e. The fourth-order valence-corrected chi connectivity index (χ4v) is 3.41. The van der Waals surface area contributed by atoms with Gasteiger partial charge in [0, 0.05) is 6.04 Å². The van der Waals surface area contributed by atoms with Crippen LogP contribution in [0.15, 0.2) is 24.3 Å². The van der Waals surface area contributed by atoms with Crippen LogP contribution in [0.2, 0.25) is 5.02 Å². The number of likely N-dealkylation sites (N-methyl/N-ethyl adjacent to an activating group) is 1. The molecule has 6 heteroatoms. The molecule has 1 aliphatic rings. The first-order chi connectivity index (χ1) is 11.9. The fourth-order valence-electron chi connectivity index (χ4n) is 3.23. The number of rotatable bonds is 6. The molecule has 1 saturated carbocycles. The first-order valence-electron chi connectivity index (χ1n) is 9.05. The lowest BCUT2D eigenvalue weighted by Crippen LogP contribution is -3.15. The highest BCUT2D eigenvalue weighted by molar-refractivity contribution is 6.33. The molecule has 0 bridgehead atoms. The van der Waals surface area contributed by atoms with Crippen molar-refractivity contribution in [2.45, 2.75) is 51.6 Å². The average Bonchev–Trinajstić information content (AvgIpc) is 2.58. The van der Waals surface area contributed by atoms with E-state index in [4.69, 9.17) is 11.6 Å². The monoisotopic (exact) mass is 366 g/mol. The van der Waals surface area contributed by atoms with Crippen molar-refractivity contribution >= 4 is 29.1 Å². The van der Waals surface area contributed by atoms with Gasteiger partial charge in [-0.2, -0.15) is 0 Å². The standard InChI is InChI=1S/C19H28ClN3O2/c1-13-8-4-6-10-16(13)22-19(25)14(2)23(3)12-18(24)21-17-11-7-5-9-15(17)20/h5,7,9,11,13-14,16H,4,6,8,10,12H2,1-3H3,(H,21,24)(H,22,25)/p+1/t13-,14-,16+/m1/s1. The quantitative estimate of drug-likeness (QED) is 0.719. The molecule has 1 aliphatic carbocycles. The minimum absolute atomic E-state index is 0.0155. The summed E-state index contributed by atoms with van der Waals surface area (Å²) in [4.78, 5) is 25.6. The number of benzene rings is 1. The van der Waals surface area contributed by atoms with E-state index in [1.165, 1.54) is 19.3 Å². The highest BCUT2D eigenvalue weighted by atomic mass is 35.5. The van der Waals surface area contributed by atoms with Gasteiger partial charge < -0.3 is 15.5 Å². The summed E-state index contributed by atoms with van der Waals surface area (Å²) in [7, 11) is 1.86. The number of hydrogen-bond acceptors (Lipinski definition) is 2. The van der Waals surface area contributed by atoms with Crippen LogP contribution in [0.5, 0.6) is 0 Å². The van der Waals surface area contributed by atoms with E-state index in [0.717, 1.165) is 11.3 Å². The second-order valence-electron chi connectivity index (χ2n) is 7.15. The summed E-state index contributed by atoms with van der Waals surface area (Å²) in [5.74, 6) is 0.381. The Kier molecular flexibility index (Phi) is 7.26. The first-order valence-corrected chi connectivity index (χ1v) is 9.43. The fraction of sp³-hybridized carbons (Fsp3) is 0.579. The minimum Gasteiger partial charge on any atom is -0.348 e. The molecule has 0 saturated heterocycles. The second-order valence-corrected chi connectivity index (χ2v) is 7.56. The number of carbonyl (C=O) groups is 2. The van der Waals surface area contributed by atoms with Crippen molar-refractivity contribution < 1.29 is 14.5 Å². The van der Waals surface area contributed by atoms with E-state index in [1.807, 2.05) is 26.1 Å². The molecule has 0 radical (unpaired) electrons. The van der Waals surface area contributed by atoms with Gasteiger partial charge in [0.05, 0.1) is 17.8 Å². The molecule has 2 amide bonds. The molecule has 0 spiro atoms. The molecule has 0 aliphatic heterocycles. The van der Waals surface area contributed by atoms with E-state index in [0.29, 0.717) is 16.6 Å². The number of nitrogens with one attached hydrogen (secondary N) is 3. The lowest BCUT2D eigenvalue weighted by atomic mass is 9.86. The summed E-state index contributed by atoms with van der Waals surface area (Å²) in [6, 6.07) is 7.10. The third-order valence-electron chi connectivity index (χ3n) is 5.16. The van der Waals surface area contributed by atoms with Crippen LogP contribution in [0.25, 0.3) is 0 Å². The number of amides is 2. The molecule has 3 N–H and O–H groups in total. The number of quaternary nitrogens is 1. The number of carbonyl (C=O) groups excluding carboxylic acids is 2. The molecule has 0 aromatic heterocycles. The predicted molar refractivity (Wildman–Crippen MR) is 101 cm³/mol. The third kappa shape index (κ3) is 5.72. The lowest BCUT2D eigenvalue weighted by Gasteiger charge is -2.31. The highest BCUT2D eigenvalue weighted by Crippen LogP contribution is 2.23. The van der Waals surface area contributed by atoms with Gasteiger partial charge >= 0.3 is 0 Å². The summed E-state index contributed by atoms with van der Waals surface area (Å²) >= 11 is 6.05. The Morgan fingerprint density at radius 2 is 1.96 bits per heavy atom. The van der Waals surface area contributed by atoms with Gasteiger partial charge in [-0.05, 0) is 37.8 Å². The number of para-hydroxylation sites is 1. The molecule has 138 valence electrons. The van der Waals surface area contributed by atoms with E-state index >= 15 is 0 Å². The van der Waals surface area contributed by atoms with Gasteiger partial charge in [0.1, 0.15) is 0 Å². The van der Waals surface area contributed by atoms with Gasteiger partial charge in [-0.15, -0.1) is 0 Å². The van der Waals surface area contributed by atoms with E-state index < -0.39 is 0 Å². The van der Waals surface area contributed by atoms with Crippen molar-refractivity contribution in [3.63, 3.8) is 0 Å². The average molecular weight is 367 g/mol. The van der Waals surface area contributed by atoms with Gasteiger partial charge in [0.15, 0.2) is 12.6 Å². The zero-order valence-corrected chi connectivity index (χ0v) is 16.0. The Morgan fingerprint density at radius 1 is 1.28 bits per heavy atom. The molecule has 5 nitrogen and oxygen atoms in total. The van der Waals surface area contributed by atoms with Crippen molar-refractivity contribution in [2.24, 2.45) is 5.92 Å². The summed E-state index contributed by atoms with van der Waals surface area (Å²) in [6.07, 6.45) is 4.64. The van der Waals surface area contributed by atoms with E-state index in [-0.39, 0.29) is 30.4 Å². The van der Waals surface area contributed by atoms with Crippen molar-refractivity contribution in [1.82, 2.24) is 5.32 Å². The maximum atomic E-state index is 12.5. The van der Waals surface area contributed by atoms with Gasteiger partial charge in [-0.25, -0.2) is 0 Å². The number of hydrogen-bond donors (Lipinski definition) is 3. The number of anilines is 1. The van der Waals surface area contributed by atoms with E-state index in [1.54, 1.807) is 12.1 Å². The van der Waals surface area contributed by atoms with Crippen LogP contribution in [-0.4, -0.2) is 37.5 Å². The lowest BCUT2D eigenvalue weighted by molar-refractivity contribution is -0.885. The summed E-state index contributed by atoms with van der Waals surface area (Å²) in [6.45, 7) is 4.27. The smallest absolute Gasteiger partial charge is 0.279 e. The van der Waals surface area contributed by atoms with Gasteiger partial charge in [0.2, 0.25) is 0 Å². The van der Waals surface area contributed by atoms with E-state index in [9.17, 15) is 9.59 Å². The Hall–Kier alpha value is -1.59. The van der Waals surface area contributed by atoms with Gasteiger partial charge in [0.25, 0.3) is 11.8 Å². The Balaban J connectivity index is 1.84. The summed E-state index contributed by atoms with van der Waals surface area (Å²) in [5, 5.41) is 6.47. The van der Waals surface area contributed by atoms with Crippen LogP contribution in [0.4, 0.5) is 5.69 Å². The Labute approximate surface area is 155 Å². The highest BCUT2D eigenvalue weighted by Gasteiger charge is 2.29. The molecule has 1 fully saturated rings. The summed E-state index contributed by atoms with van der Waals surface area (Å²) < 4.78 is 0. The Bertz CT molecular complexity index is 608. The van der Waals surface area contributed by atoms with Crippen LogP contribution in [0.1, 0.15) is 39.5 Å². The molecule has 1 aromatic rings. The molecular weight excluding hydrogens is 338 g/mol. The zero-order chi connectivity index (χ0) is 18.4. The second kappa shape index (κ2) is 9.20. The molecule has 25 heavy (non-hydrogen) atoms. The van der Waals surface area contributed by atoms with E-state index in [2.05, 4.69) is 17.6 Å². The van der Waals surface area contributed by atoms with Crippen LogP contribution in [0.3, 0.4) is 0 Å². The molecule has 0 heterocycles. The summed E-state index contributed by atoms with van der Waals surface area (Å²) in [5.41, 5.74) is 0.593. The van der Waals surface area contributed by atoms with Crippen molar-refractivity contribution in [3.05, 3.63) is 29.3 Å².